The molecular formula is C21H18F3N3O4. The molecule has 2 amide bonds. The second-order valence-corrected chi connectivity index (χ2v) is 8.25. The van der Waals surface area contributed by atoms with Gasteiger partial charge in [-0.15, -0.1) is 0 Å². The van der Waals surface area contributed by atoms with Gasteiger partial charge >= 0.3 is 0 Å². The predicted molar refractivity (Wildman–Crippen MR) is 101 cm³/mol. The number of halogens is 3. The van der Waals surface area contributed by atoms with E-state index >= 15 is 0 Å². The first kappa shape index (κ1) is 19.7. The van der Waals surface area contributed by atoms with E-state index in [1.165, 1.54) is 10.8 Å². The number of benzene rings is 1. The van der Waals surface area contributed by atoms with Crippen LogP contribution in [0.3, 0.4) is 0 Å². The Morgan fingerprint density at radius 1 is 1.16 bits per heavy atom. The Kier molecular flexibility index (Phi) is 4.35. The average Bonchev–Trinajstić information content (AvgIpc) is 3.36. The van der Waals surface area contributed by atoms with Gasteiger partial charge in [0.1, 0.15) is 5.56 Å². The fourth-order valence-electron chi connectivity index (χ4n) is 5.12. The van der Waals surface area contributed by atoms with Crippen LogP contribution in [0.1, 0.15) is 45.7 Å². The Hall–Kier alpha value is -3.30. The maximum absolute atomic E-state index is 13.8. The van der Waals surface area contributed by atoms with Crippen molar-refractivity contribution in [1.29, 1.82) is 0 Å². The smallest absolute Gasteiger partial charge is 0.275 e. The van der Waals surface area contributed by atoms with E-state index in [9.17, 15) is 32.7 Å². The number of fused-ring (bicyclic) bond motifs is 6. The van der Waals surface area contributed by atoms with Crippen LogP contribution in [0.25, 0.3) is 0 Å². The molecule has 2 N–H and O–H groups in total. The van der Waals surface area contributed by atoms with Crippen molar-refractivity contribution < 1.29 is 27.9 Å². The molecule has 162 valence electrons. The molecule has 3 atom stereocenters. The lowest BCUT2D eigenvalue weighted by atomic mass is 9.95. The molecule has 7 nitrogen and oxygen atoms in total. The summed E-state index contributed by atoms with van der Waals surface area (Å²) in [6, 6.07) is 1.77. The van der Waals surface area contributed by atoms with E-state index in [0.717, 1.165) is 31.4 Å². The second-order valence-electron chi connectivity index (χ2n) is 8.25. The molecule has 1 aromatic carbocycles. The minimum atomic E-state index is -1.66. The number of nitrogens with zero attached hydrogens (tertiary/aromatic N) is 2. The van der Waals surface area contributed by atoms with Crippen LogP contribution in [0.15, 0.2) is 23.1 Å². The van der Waals surface area contributed by atoms with Gasteiger partial charge in [-0.2, -0.15) is 0 Å². The zero-order valence-electron chi connectivity index (χ0n) is 16.2. The van der Waals surface area contributed by atoms with Crippen LogP contribution in [0, 0.1) is 23.4 Å². The van der Waals surface area contributed by atoms with Crippen LogP contribution < -0.4 is 10.7 Å². The van der Waals surface area contributed by atoms with E-state index in [-0.39, 0.29) is 23.3 Å². The van der Waals surface area contributed by atoms with Crippen molar-refractivity contribution >= 4 is 11.8 Å². The lowest BCUT2D eigenvalue weighted by Gasteiger charge is -2.40. The number of nitrogens with one attached hydrogen (secondary N) is 1. The molecule has 3 aliphatic rings. The summed E-state index contributed by atoms with van der Waals surface area (Å²) in [5.74, 6) is -6.27. The Labute approximate surface area is 174 Å². The SMILES string of the molecule is O=C(NCc1ccc(F)c(F)c1F)c1cn2c(c(O)c1=O)C(=O)N1[C@H]3CC[C@H](C3)[C@@H]1C2. The van der Waals surface area contributed by atoms with Gasteiger partial charge in [-0.1, -0.05) is 6.07 Å². The molecule has 1 saturated carbocycles. The largest absolute Gasteiger partial charge is 0.503 e. The minimum Gasteiger partial charge on any atom is -0.503 e. The highest BCUT2D eigenvalue weighted by molar-refractivity contribution is 5.99. The summed E-state index contributed by atoms with van der Waals surface area (Å²) in [5, 5.41) is 12.7. The molecule has 2 aliphatic heterocycles. The number of aromatic nitrogens is 1. The van der Waals surface area contributed by atoms with Gasteiger partial charge in [0.2, 0.25) is 5.43 Å². The number of pyridine rings is 1. The lowest BCUT2D eigenvalue weighted by molar-refractivity contribution is 0.0482. The molecule has 1 saturated heterocycles. The van der Waals surface area contributed by atoms with E-state index in [0.29, 0.717) is 12.5 Å². The number of piperidine rings is 1. The quantitative estimate of drug-likeness (QED) is 0.724. The third kappa shape index (κ3) is 2.84. The number of hydrogen-bond acceptors (Lipinski definition) is 4. The highest BCUT2D eigenvalue weighted by atomic mass is 19.2. The number of rotatable bonds is 3. The van der Waals surface area contributed by atoms with Gasteiger partial charge in [-0.3, -0.25) is 14.4 Å². The first-order chi connectivity index (χ1) is 14.8. The van der Waals surface area contributed by atoms with Crippen LogP contribution in [0.5, 0.6) is 5.75 Å². The van der Waals surface area contributed by atoms with E-state index < -0.39 is 52.6 Å². The Bertz CT molecular complexity index is 1200. The summed E-state index contributed by atoms with van der Waals surface area (Å²) in [6.07, 6.45) is 4.02. The number of carbonyl (C=O) groups excluding carboxylic acids is 2. The van der Waals surface area contributed by atoms with Crippen molar-refractivity contribution in [3.05, 3.63) is 62.8 Å². The molecular weight excluding hydrogens is 415 g/mol. The summed E-state index contributed by atoms with van der Waals surface area (Å²) in [7, 11) is 0. The van der Waals surface area contributed by atoms with Crippen LogP contribution in [0.4, 0.5) is 13.2 Å². The van der Waals surface area contributed by atoms with Crippen molar-refractivity contribution in [3.8, 4) is 5.75 Å². The summed E-state index contributed by atoms with van der Waals surface area (Å²) in [6.45, 7) is -0.142. The molecule has 1 aromatic heterocycles. The molecule has 2 fully saturated rings. The molecule has 2 aromatic rings. The Morgan fingerprint density at radius 2 is 1.94 bits per heavy atom. The third-order valence-corrected chi connectivity index (χ3v) is 6.62. The molecule has 10 heteroatoms. The molecule has 2 bridgehead atoms. The van der Waals surface area contributed by atoms with Gasteiger partial charge in [0.05, 0.1) is 6.04 Å². The number of amides is 2. The Morgan fingerprint density at radius 3 is 2.71 bits per heavy atom. The van der Waals surface area contributed by atoms with Gasteiger partial charge in [0.15, 0.2) is 28.9 Å². The monoisotopic (exact) mass is 433 g/mol. The van der Waals surface area contributed by atoms with Gasteiger partial charge < -0.3 is 19.9 Å². The maximum atomic E-state index is 13.8. The van der Waals surface area contributed by atoms with Crippen LogP contribution in [0.2, 0.25) is 0 Å². The number of hydrogen-bond donors (Lipinski definition) is 2. The topological polar surface area (TPSA) is 91.6 Å². The second kappa shape index (κ2) is 6.86. The van der Waals surface area contributed by atoms with Gasteiger partial charge in [-0.05, 0) is 31.2 Å². The fourth-order valence-corrected chi connectivity index (χ4v) is 5.12. The lowest BCUT2D eigenvalue weighted by Crippen LogP contribution is -2.52. The summed E-state index contributed by atoms with van der Waals surface area (Å²) < 4.78 is 41.7. The summed E-state index contributed by atoms with van der Waals surface area (Å²) in [5.41, 5.74) is -1.89. The average molecular weight is 433 g/mol. The summed E-state index contributed by atoms with van der Waals surface area (Å²) >= 11 is 0. The van der Waals surface area contributed by atoms with Crippen molar-refractivity contribution in [2.75, 3.05) is 0 Å². The first-order valence-corrected chi connectivity index (χ1v) is 9.97. The van der Waals surface area contributed by atoms with Crippen molar-refractivity contribution in [2.45, 2.75) is 44.4 Å². The van der Waals surface area contributed by atoms with Gasteiger partial charge in [0.25, 0.3) is 11.8 Å². The van der Waals surface area contributed by atoms with Crippen LogP contribution in [-0.2, 0) is 13.1 Å². The van der Waals surface area contributed by atoms with E-state index in [1.54, 1.807) is 4.90 Å². The van der Waals surface area contributed by atoms with E-state index in [4.69, 9.17) is 0 Å². The van der Waals surface area contributed by atoms with Gasteiger partial charge in [-0.25, -0.2) is 13.2 Å². The van der Waals surface area contributed by atoms with Gasteiger partial charge in [0, 0.05) is 30.9 Å². The van der Waals surface area contributed by atoms with Crippen LogP contribution >= 0.6 is 0 Å². The molecule has 5 rings (SSSR count). The zero-order chi connectivity index (χ0) is 22.0. The summed E-state index contributed by atoms with van der Waals surface area (Å²) in [4.78, 5) is 39.8. The minimum absolute atomic E-state index is 0.0483. The van der Waals surface area contributed by atoms with Crippen molar-refractivity contribution in [2.24, 2.45) is 5.92 Å². The van der Waals surface area contributed by atoms with Crippen LogP contribution in [-0.4, -0.2) is 38.5 Å². The molecule has 0 radical (unpaired) electrons. The highest BCUT2D eigenvalue weighted by Crippen LogP contribution is 2.45. The Balaban J connectivity index is 1.44. The van der Waals surface area contributed by atoms with Crippen molar-refractivity contribution in [3.63, 3.8) is 0 Å². The maximum Gasteiger partial charge on any atom is 0.275 e. The number of aromatic hydroxyl groups is 1. The molecule has 31 heavy (non-hydrogen) atoms. The van der Waals surface area contributed by atoms with Crippen molar-refractivity contribution in [1.82, 2.24) is 14.8 Å². The number of carbonyl (C=O) groups is 2. The molecule has 0 unspecified atom stereocenters. The third-order valence-electron chi connectivity index (χ3n) is 6.62. The normalized spacial score (nSPS) is 23.6. The first-order valence-electron chi connectivity index (χ1n) is 9.97. The molecule has 0 spiro atoms. The zero-order valence-corrected chi connectivity index (χ0v) is 16.2. The van der Waals surface area contributed by atoms with E-state index in [2.05, 4.69) is 5.32 Å². The molecule has 1 aliphatic carbocycles. The predicted octanol–water partition coefficient (Wildman–Crippen LogP) is 1.91. The molecule has 3 heterocycles. The fraction of sp³-hybridized carbons (Fsp3) is 0.381. The highest BCUT2D eigenvalue weighted by Gasteiger charge is 2.51. The van der Waals surface area contributed by atoms with E-state index in [1.807, 2.05) is 0 Å². The standard InChI is InChI=1S/C21H18F3N3O4/c22-13-4-2-10(15(23)16(13)24)6-25-20(30)12-7-26-8-14-9-1-3-11(5-9)27(14)21(31)17(26)19(29)18(12)28/h2,4,7,9,11,14,29H,1,3,5-6,8H2,(H,25,30)/t9-,11+,14+/m1/s1.